The SMILES string of the molecule is CCOC(=O)C(=NNc1ccccc1)c1cnc(N)s1. The predicted molar refractivity (Wildman–Crippen MR) is 79.8 cm³/mol. The average molecular weight is 290 g/mol. The summed E-state index contributed by atoms with van der Waals surface area (Å²) in [6.45, 7) is 2.01. The van der Waals surface area contributed by atoms with E-state index in [9.17, 15) is 4.79 Å². The molecule has 0 fully saturated rings. The summed E-state index contributed by atoms with van der Waals surface area (Å²) in [5.41, 5.74) is 9.32. The van der Waals surface area contributed by atoms with Gasteiger partial charge in [0.05, 0.1) is 17.2 Å². The molecule has 7 heteroatoms. The Balaban J connectivity index is 2.24. The third kappa shape index (κ3) is 3.55. The summed E-state index contributed by atoms with van der Waals surface area (Å²) in [7, 11) is 0. The van der Waals surface area contributed by atoms with E-state index in [1.807, 2.05) is 30.3 Å². The van der Waals surface area contributed by atoms with Crippen LogP contribution in [0.2, 0.25) is 0 Å². The number of benzene rings is 1. The Kier molecular flexibility index (Phi) is 4.67. The molecule has 0 radical (unpaired) electrons. The van der Waals surface area contributed by atoms with E-state index in [0.717, 1.165) is 5.69 Å². The van der Waals surface area contributed by atoms with Gasteiger partial charge >= 0.3 is 5.97 Å². The van der Waals surface area contributed by atoms with E-state index in [4.69, 9.17) is 10.5 Å². The molecule has 2 aromatic rings. The summed E-state index contributed by atoms with van der Waals surface area (Å²) in [4.78, 5) is 16.4. The summed E-state index contributed by atoms with van der Waals surface area (Å²) in [6.07, 6.45) is 1.50. The van der Waals surface area contributed by atoms with E-state index >= 15 is 0 Å². The van der Waals surface area contributed by atoms with Gasteiger partial charge in [-0.25, -0.2) is 9.78 Å². The second-order valence-electron chi connectivity index (χ2n) is 3.72. The first-order valence-electron chi connectivity index (χ1n) is 5.98. The number of thiazole rings is 1. The van der Waals surface area contributed by atoms with Crippen molar-refractivity contribution in [1.82, 2.24) is 4.98 Å². The highest BCUT2D eigenvalue weighted by atomic mass is 32.1. The highest BCUT2D eigenvalue weighted by Crippen LogP contribution is 2.17. The molecule has 1 heterocycles. The molecule has 0 unspecified atom stereocenters. The third-order valence-electron chi connectivity index (χ3n) is 2.30. The number of rotatable bonds is 5. The van der Waals surface area contributed by atoms with Crippen molar-refractivity contribution >= 4 is 33.8 Å². The van der Waals surface area contributed by atoms with Gasteiger partial charge in [0.2, 0.25) is 0 Å². The van der Waals surface area contributed by atoms with Crippen molar-refractivity contribution in [2.75, 3.05) is 17.8 Å². The molecule has 0 spiro atoms. The lowest BCUT2D eigenvalue weighted by Gasteiger charge is -2.05. The van der Waals surface area contributed by atoms with Crippen LogP contribution in [0.3, 0.4) is 0 Å². The lowest BCUT2D eigenvalue weighted by molar-refractivity contribution is -0.134. The van der Waals surface area contributed by atoms with Crippen LogP contribution in [0.1, 0.15) is 11.8 Å². The number of nitrogen functional groups attached to an aromatic ring is 1. The molecule has 0 bridgehead atoms. The number of anilines is 2. The quantitative estimate of drug-likeness (QED) is 0.500. The van der Waals surface area contributed by atoms with Gasteiger partial charge in [0.25, 0.3) is 0 Å². The zero-order valence-corrected chi connectivity index (χ0v) is 11.7. The molecule has 0 saturated carbocycles. The summed E-state index contributed by atoms with van der Waals surface area (Å²) >= 11 is 1.18. The number of carbonyl (C=O) groups is 1. The molecular formula is C13H14N4O2S. The van der Waals surface area contributed by atoms with E-state index in [0.29, 0.717) is 10.0 Å². The number of nitrogens with two attached hydrogens (primary N) is 1. The molecule has 3 N–H and O–H groups in total. The molecular weight excluding hydrogens is 276 g/mol. The molecule has 2 rings (SSSR count). The maximum Gasteiger partial charge on any atom is 0.360 e. The monoisotopic (exact) mass is 290 g/mol. The fraction of sp³-hybridized carbons (Fsp3) is 0.154. The summed E-state index contributed by atoms with van der Waals surface area (Å²) < 4.78 is 4.98. The Morgan fingerprint density at radius 2 is 2.20 bits per heavy atom. The van der Waals surface area contributed by atoms with E-state index in [2.05, 4.69) is 15.5 Å². The first-order chi connectivity index (χ1) is 9.70. The fourth-order valence-electron chi connectivity index (χ4n) is 1.43. The standard InChI is InChI=1S/C13H14N4O2S/c1-2-19-12(18)11(10-8-15-13(14)20-10)17-16-9-6-4-3-5-7-9/h3-8,16H,2H2,1H3,(H2,14,15). The molecule has 0 saturated heterocycles. The van der Waals surface area contributed by atoms with Crippen LogP contribution in [0.25, 0.3) is 0 Å². The minimum absolute atomic E-state index is 0.157. The lowest BCUT2D eigenvalue weighted by atomic mass is 10.3. The number of hydrogen-bond donors (Lipinski definition) is 2. The zero-order chi connectivity index (χ0) is 14.4. The first-order valence-corrected chi connectivity index (χ1v) is 6.80. The number of carbonyl (C=O) groups excluding carboxylic acids is 1. The molecule has 6 nitrogen and oxygen atoms in total. The van der Waals surface area contributed by atoms with Crippen LogP contribution in [0.5, 0.6) is 0 Å². The Hall–Kier alpha value is -2.41. The molecule has 0 amide bonds. The molecule has 0 atom stereocenters. The minimum Gasteiger partial charge on any atom is -0.461 e. The number of para-hydroxylation sites is 1. The Morgan fingerprint density at radius 1 is 1.45 bits per heavy atom. The number of hydrogen-bond acceptors (Lipinski definition) is 7. The maximum atomic E-state index is 11.9. The number of nitrogens with zero attached hydrogens (tertiary/aromatic N) is 2. The van der Waals surface area contributed by atoms with Crippen LogP contribution >= 0.6 is 11.3 Å². The van der Waals surface area contributed by atoms with Gasteiger partial charge in [-0.2, -0.15) is 5.10 Å². The number of nitrogens with one attached hydrogen (secondary N) is 1. The van der Waals surface area contributed by atoms with Gasteiger partial charge in [0, 0.05) is 6.20 Å². The van der Waals surface area contributed by atoms with Crippen molar-refractivity contribution in [1.29, 1.82) is 0 Å². The smallest absolute Gasteiger partial charge is 0.360 e. The van der Waals surface area contributed by atoms with Gasteiger partial charge in [-0.05, 0) is 19.1 Å². The largest absolute Gasteiger partial charge is 0.461 e. The van der Waals surface area contributed by atoms with E-state index < -0.39 is 5.97 Å². The van der Waals surface area contributed by atoms with Crippen molar-refractivity contribution in [3.05, 3.63) is 41.4 Å². The molecule has 0 aliphatic heterocycles. The van der Waals surface area contributed by atoms with Gasteiger partial charge in [0.1, 0.15) is 0 Å². The summed E-state index contributed by atoms with van der Waals surface area (Å²) in [6, 6.07) is 9.31. The molecule has 1 aromatic carbocycles. The fourth-order valence-corrected chi connectivity index (χ4v) is 2.09. The van der Waals surface area contributed by atoms with Crippen molar-refractivity contribution in [3.63, 3.8) is 0 Å². The molecule has 20 heavy (non-hydrogen) atoms. The van der Waals surface area contributed by atoms with Gasteiger partial charge in [0.15, 0.2) is 10.8 Å². The van der Waals surface area contributed by atoms with Crippen LogP contribution < -0.4 is 11.2 Å². The van der Waals surface area contributed by atoms with Crippen LogP contribution in [0.15, 0.2) is 41.6 Å². The number of esters is 1. The van der Waals surface area contributed by atoms with Crippen molar-refractivity contribution in [2.45, 2.75) is 6.92 Å². The van der Waals surface area contributed by atoms with E-state index in [1.165, 1.54) is 17.5 Å². The Morgan fingerprint density at radius 3 is 2.80 bits per heavy atom. The second kappa shape index (κ2) is 6.67. The predicted octanol–water partition coefficient (Wildman–Crippen LogP) is 2.10. The average Bonchev–Trinajstić information content (AvgIpc) is 2.87. The molecule has 1 aromatic heterocycles. The van der Waals surface area contributed by atoms with Crippen molar-refractivity contribution in [3.8, 4) is 0 Å². The minimum atomic E-state index is -0.514. The number of ether oxygens (including phenoxy) is 1. The van der Waals surface area contributed by atoms with E-state index in [-0.39, 0.29) is 12.3 Å². The number of hydrazone groups is 1. The summed E-state index contributed by atoms with van der Waals surface area (Å²) in [5, 5.41) is 4.48. The van der Waals surface area contributed by atoms with Gasteiger partial charge in [-0.1, -0.05) is 29.5 Å². The second-order valence-corrected chi connectivity index (χ2v) is 4.78. The van der Waals surface area contributed by atoms with Crippen LogP contribution in [0.4, 0.5) is 10.8 Å². The molecule has 0 aliphatic carbocycles. The Bertz CT molecular complexity index is 610. The topological polar surface area (TPSA) is 89.6 Å². The number of aromatic nitrogens is 1. The summed E-state index contributed by atoms with van der Waals surface area (Å²) in [5.74, 6) is -0.514. The Labute approximate surface area is 120 Å². The van der Waals surface area contributed by atoms with Crippen LogP contribution in [0, 0.1) is 0 Å². The van der Waals surface area contributed by atoms with Gasteiger partial charge in [-0.15, -0.1) is 0 Å². The maximum absolute atomic E-state index is 11.9. The van der Waals surface area contributed by atoms with Crippen LogP contribution in [-0.2, 0) is 9.53 Å². The van der Waals surface area contributed by atoms with E-state index in [1.54, 1.807) is 6.92 Å². The third-order valence-corrected chi connectivity index (χ3v) is 3.13. The van der Waals surface area contributed by atoms with Gasteiger partial charge in [-0.3, -0.25) is 5.43 Å². The molecule has 104 valence electrons. The van der Waals surface area contributed by atoms with Crippen molar-refractivity contribution in [2.24, 2.45) is 5.10 Å². The zero-order valence-electron chi connectivity index (χ0n) is 10.9. The van der Waals surface area contributed by atoms with Crippen molar-refractivity contribution < 1.29 is 9.53 Å². The lowest BCUT2D eigenvalue weighted by Crippen LogP contribution is -2.19. The van der Waals surface area contributed by atoms with Crippen LogP contribution in [-0.4, -0.2) is 23.3 Å². The highest BCUT2D eigenvalue weighted by molar-refractivity contribution is 7.18. The normalized spacial score (nSPS) is 11.2. The molecule has 0 aliphatic rings. The highest BCUT2D eigenvalue weighted by Gasteiger charge is 2.18. The van der Waals surface area contributed by atoms with Gasteiger partial charge < -0.3 is 10.5 Å². The first kappa shape index (κ1) is 14.0.